The second kappa shape index (κ2) is 8.99. The number of esters is 1. The Morgan fingerprint density at radius 1 is 1.19 bits per heavy atom. The minimum atomic E-state index is -0.382. The summed E-state index contributed by atoms with van der Waals surface area (Å²) >= 11 is 0. The quantitative estimate of drug-likeness (QED) is 0.630. The van der Waals surface area contributed by atoms with E-state index in [1.807, 2.05) is 6.07 Å². The number of nitrogens with one attached hydrogen (secondary N) is 1. The summed E-state index contributed by atoms with van der Waals surface area (Å²) in [6.07, 6.45) is 10.0. The van der Waals surface area contributed by atoms with Crippen LogP contribution in [0.25, 0.3) is 6.08 Å². The molecular weight excluding hydrogens is 328 g/mol. The van der Waals surface area contributed by atoms with E-state index in [1.54, 1.807) is 25.4 Å². The fraction of sp³-hybridized carbons (Fsp3) is 0.350. The number of carbonyl (C=O) groups is 1. The van der Waals surface area contributed by atoms with Gasteiger partial charge in [-0.3, -0.25) is 4.98 Å². The largest absolute Gasteiger partial charge is 0.463 e. The van der Waals surface area contributed by atoms with Crippen LogP contribution in [0.2, 0.25) is 0 Å². The lowest BCUT2D eigenvalue weighted by molar-refractivity contribution is -0.137. The molecule has 6 nitrogen and oxygen atoms in total. The van der Waals surface area contributed by atoms with Gasteiger partial charge in [-0.05, 0) is 44.4 Å². The van der Waals surface area contributed by atoms with E-state index in [0.717, 1.165) is 18.8 Å². The average molecular weight is 352 g/mol. The molecular formula is C20H24N4O2. The molecule has 0 saturated carbocycles. The van der Waals surface area contributed by atoms with Crippen molar-refractivity contribution < 1.29 is 9.53 Å². The van der Waals surface area contributed by atoms with E-state index in [-0.39, 0.29) is 5.97 Å². The van der Waals surface area contributed by atoms with Crippen LogP contribution >= 0.6 is 0 Å². The number of anilines is 3. The van der Waals surface area contributed by atoms with Crippen LogP contribution in [0.3, 0.4) is 0 Å². The molecule has 26 heavy (non-hydrogen) atoms. The normalized spacial score (nSPS) is 14.4. The minimum absolute atomic E-state index is 0.355. The van der Waals surface area contributed by atoms with Crippen LogP contribution < -0.4 is 10.2 Å². The van der Waals surface area contributed by atoms with Crippen LogP contribution in [0.1, 0.15) is 31.9 Å². The van der Waals surface area contributed by atoms with E-state index in [9.17, 15) is 4.79 Å². The van der Waals surface area contributed by atoms with Gasteiger partial charge in [0, 0.05) is 19.2 Å². The lowest BCUT2D eigenvalue weighted by atomic mass is 10.1. The standard InChI is InChI=1S/C20H24N4O2/c1-2-26-20(25)11-10-16-14-22-19(15-21-16)23-17-8-4-5-9-18(17)24-12-6-3-7-13-24/h4-5,8-11,14-15H,2-3,6-7,12-13H2,1H3,(H,22,23). The van der Waals surface area contributed by atoms with E-state index in [1.165, 1.54) is 31.0 Å². The van der Waals surface area contributed by atoms with Gasteiger partial charge in [-0.1, -0.05) is 12.1 Å². The van der Waals surface area contributed by atoms with Crippen molar-refractivity contribution in [1.29, 1.82) is 0 Å². The van der Waals surface area contributed by atoms with Gasteiger partial charge in [0.2, 0.25) is 0 Å². The van der Waals surface area contributed by atoms with Gasteiger partial charge in [-0.15, -0.1) is 0 Å². The molecule has 0 atom stereocenters. The predicted octanol–water partition coefficient (Wildman–Crippen LogP) is 3.79. The lowest BCUT2D eigenvalue weighted by Crippen LogP contribution is -2.29. The maximum absolute atomic E-state index is 11.3. The van der Waals surface area contributed by atoms with Crippen LogP contribution in [-0.2, 0) is 9.53 Å². The van der Waals surface area contributed by atoms with Crippen molar-refractivity contribution in [3.63, 3.8) is 0 Å². The Bertz CT molecular complexity index is 753. The number of aromatic nitrogens is 2. The number of para-hydroxylation sites is 2. The number of piperidine rings is 1. The van der Waals surface area contributed by atoms with Crippen molar-refractivity contribution in [2.75, 3.05) is 29.9 Å². The maximum atomic E-state index is 11.3. The topological polar surface area (TPSA) is 67.3 Å². The van der Waals surface area contributed by atoms with Crippen molar-refractivity contribution in [2.24, 2.45) is 0 Å². The first-order chi connectivity index (χ1) is 12.8. The molecule has 136 valence electrons. The summed E-state index contributed by atoms with van der Waals surface area (Å²) in [4.78, 5) is 22.5. The molecule has 2 heterocycles. The Kier molecular flexibility index (Phi) is 6.19. The number of nitrogens with zero attached hydrogens (tertiary/aromatic N) is 3. The molecule has 0 radical (unpaired) electrons. The number of benzene rings is 1. The van der Waals surface area contributed by atoms with Gasteiger partial charge >= 0.3 is 5.97 Å². The Morgan fingerprint density at radius 3 is 2.73 bits per heavy atom. The summed E-state index contributed by atoms with van der Waals surface area (Å²) in [5, 5.41) is 3.35. The summed E-state index contributed by atoms with van der Waals surface area (Å²) in [5.41, 5.74) is 2.83. The van der Waals surface area contributed by atoms with Crippen molar-refractivity contribution in [1.82, 2.24) is 9.97 Å². The first-order valence-corrected chi connectivity index (χ1v) is 9.04. The maximum Gasteiger partial charge on any atom is 0.330 e. The van der Waals surface area contributed by atoms with Crippen molar-refractivity contribution in [2.45, 2.75) is 26.2 Å². The molecule has 1 aliphatic heterocycles. The fourth-order valence-corrected chi connectivity index (χ4v) is 2.96. The Balaban J connectivity index is 1.69. The SMILES string of the molecule is CCOC(=O)C=Cc1cnc(Nc2ccccc2N2CCCCC2)cn1. The molecule has 3 rings (SSSR count). The molecule has 1 aliphatic rings. The molecule has 1 N–H and O–H groups in total. The van der Waals surface area contributed by atoms with Crippen molar-refractivity contribution in [3.05, 3.63) is 48.4 Å². The van der Waals surface area contributed by atoms with Gasteiger partial charge in [-0.25, -0.2) is 9.78 Å². The van der Waals surface area contributed by atoms with Gasteiger partial charge in [0.1, 0.15) is 5.82 Å². The number of carbonyl (C=O) groups excluding carboxylic acids is 1. The average Bonchev–Trinajstić information content (AvgIpc) is 2.69. The first-order valence-electron chi connectivity index (χ1n) is 9.04. The first kappa shape index (κ1) is 17.9. The van der Waals surface area contributed by atoms with Crippen LogP contribution in [-0.4, -0.2) is 35.6 Å². The summed E-state index contributed by atoms with van der Waals surface area (Å²) in [6, 6.07) is 8.27. The second-order valence-corrected chi connectivity index (χ2v) is 6.10. The molecule has 0 spiro atoms. The van der Waals surface area contributed by atoms with Gasteiger partial charge in [0.15, 0.2) is 0 Å². The second-order valence-electron chi connectivity index (χ2n) is 6.10. The van der Waals surface area contributed by atoms with E-state index < -0.39 is 0 Å². The molecule has 1 saturated heterocycles. The third kappa shape index (κ3) is 4.81. The molecule has 0 amide bonds. The summed E-state index contributed by atoms with van der Waals surface area (Å²) in [6.45, 7) is 4.30. The highest BCUT2D eigenvalue weighted by Crippen LogP contribution is 2.29. The number of hydrogen-bond acceptors (Lipinski definition) is 6. The van der Waals surface area contributed by atoms with Gasteiger partial charge in [0.25, 0.3) is 0 Å². The van der Waals surface area contributed by atoms with Crippen LogP contribution in [0.5, 0.6) is 0 Å². The van der Waals surface area contributed by atoms with Crippen LogP contribution in [0.4, 0.5) is 17.2 Å². The molecule has 1 aromatic carbocycles. The Labute approximate surface area is 153 Å². The molecule has 6 heteroatoms. The zero-order valence-electron chi connectivity index (χ0n) is 15.0. The summed E-state index contributed by atoms with van der Waals surface area (Å²) in [5.74, 6) is 0.287. The molecule has 1 aromatic heterocycles. The van der Waals surface area contributed by atoms with Crippen LogP contribution in [0, 0.1) is 0 Å². The Morgan fingerprint density at radius 2 is 2.00 bits per heavy atom. The highest BCUT2D eigenvalue weighted by molar-refractivity contribution is 5.86. The zero-order chi connectivity index (χ0) is 18.2. The molecule has 1 fully saturated rings. The monoisotopic (exact) mass is 352 g/mol. The van der Waals surface area contributed by atoms with Gasteiger partial charge < -0.3 is 15.0 Å². The third-order valence-corrected chi connectivity index (χ3v) is 4.21. The zero-order valence-corrected chi connectivity index (χ0v) is 15.0. The fourth-order valence-electron chi connectivity index (χ4n) is 2.96. The van der Waals surface area contributed by atoms with E-state index in [0.29, 0.717) is 18.1 Å². The van der Waals surface area contributed by atoms with E-state index in [4.69, 9.17) is 4.74 Å². The lowest BCUT2D eigenvalue weighted by Gasteiger charge is -2.30. The highest BCUT2D eigenvalue weighted by atomic mass is 16.5. The number of ether oxygens (including phenoxy) is 1. The predicted molar refractivity (Wildman–Crippen MR) is 103 cm³/mol. The smallest absolute Gasteiger partial charge is 0.330 e. The minimum Gasteiger partial charge on any atom is -0.463 e. The van der Waals surface area contributed by atoms with E-state index in [2.05, 4.69) is 38.4 Å². The molecule has 0 aliphatic carbocycles. The van der Waals surface area contributed by atoms with Crippen molar-refractivity contribution >= 4 is 29.2 Å². The van der Waals surface area contributed by atoms with Gasteiger partial charge in [0.05, 0.1) is 36.1 Å². The Hall–Kier alpha value is -2.89. The van der Waals surface area contributed by atoms with Crippen molar-refractivity contribution in [3.8, 4) is 0 Å². The van der Waals surface area contributed by atoms with E-state index >= 15 is 0 Å². The highest BCUT2D eigenvalue weighted by Gasteiger charge is 2.14. The molecule has 0 bridgehead atoms. The number of rotatable bonds is 6. The van der Waals surface area contributed by atoms with Gasteiger partial charge in [-0.2, -0.15) is 0 Å². The summed E-state index contributed by atoms with van der Waals surface area (Å²) in [7, 11) is 0. The molecule has 2 aromatic rings. The number of hydrogen-bond donors (Lipinski definition) is 1. The summed E-state index contributed by atoms with van der Waals surface area (Å²) < 4.78 is 4.85. The third-order valence-electron chi connectivity index (χ3n) is 4.21. The van der Waals surface area contributed by atoms with Crippen LogP contribution in [0.15, 0.2) is 42.7 Å². The molecule has 0 unspecified atom stereocenters.